The minimum Gasteiger partial charge on any atom is -0.354 e. The summed E-state index contributed by atoms with van der Waals surface area (Å²) in [6, 6.07) is 8.51. The minimum atomic E-state index is -4.28. The molecule has 0 aliphatic carbocycles. The van der Waals surface area contributed by atoms with E-state index in [1.165, 1.54) is 0 Å². The fourth-order valence-electron chi connectivity index (χ4n) is 3.53. The van der Waals surface area contributed by atoms with Gasteiger partial charge in [-0.1, -0.05) is 12.1 Å². The Labute approximate surface area is 179 Å². The van der Waals surface area contributed by atoms with Crippen molar-refractivity contribution in [1.82, 2.24) is 19.3 Å². The molecule has 0 spiro atoms. The average Bonchev–Trinajstić information content (AvgIpc) is 2.76. The van der Waals surface area contributed by atoms with Crippen LogP contribution in [0.3, 0.4) is 0 Å². The lowest BCUT2D eigenvalue weighted by molar-refractivity contribution is 0.377. The van der Waals surface area contributed by atoms with Crippen LogP contribution in [-0.4, -0.2) is 53.9 Å². The zero-order valence-corrected chi connectivity index (χ0v) is 17.9. The first kappa shape index (κ1) is 21.3. The number of halogens is 2. The Kier molecular flexibility index (Phi) is 5.67. The van der Waals surface area contributed by atoms with Crippen molar-refractivity contribution in [3.8, 4) is 11.5 Å². The second kappa shape index (κ2) is 8.27. The summed E-state index contributed by atoms with van der Waals surface area (Å²) in [5.41, 5.74) is 2.33. The minimum absolute atomic E-state index is 0.0809. The summed E-state index contributed by atoms with van der Waals surface area (Å²) in [6.07, 6.45) is 1.67. The highest BCUT2D eigenvalue weighted by Gasteiger charge is 2.33. The molecule has 3 heterocycles. The lowest BCUT2D eigenvalue weighted by Crippen LogP contribution is -2.49. The standard InChI is InChI=1S/C21H21F2N5O2S/c1-14-15(2)25-20(18-8-3-4-9-24-18)26-21(14)27-10-12-28(13-11-27)31(29,30)19-16(22)6-5-7-17(19)23/h3-9H,10-13H2,1-2H3. The molecule has 31 heavy (non-hydrogen) atoms. The van der Waals surface area contributed by atoms with Crippen LogP contribution in [0.2, 0.25) is 0 Å². The maximum absolute atomic E-state index is 14.1. The molecular formula is C21H21F2N5O2S. The largest absolute Gasteiger partial charge is 0.354 e. The predicted molar refractivity (Wildman–Crippen MR) is 112 cm³/mol. The van der Waals surface area contributed by atoms with Crippen LogP contribution in [0.5, 0.6) is 0 Å². The molecule has 1 aliphatic rings. The van der Waals surface area contributed by atoms with Gasteiger partial charge in [-0.25, -0.2) is 27.2 Å². The van der Waals surface area contributed by atoms with E-state index < -0.39 is 26.6 Å². The molecule has 1 saturated heterocycles. The number of pyridine rings is 1. The SMILES string of the molecule is Cc1nc(-c2ccccn2)nc(N2CCN(S(=O)(=O)c3c(F)cccc3F)CC2)c1C. The van der Waals surface area contributed by atoms with E-state index in [0.29, 0.717) is 30.4 Å². The fraction of sp³-hybridized carbons (Fsp3) is 0.286. The Balaban J connectivity index is 1.59. The lowest BCUT2D eigenvalue weighted by atomic mass is 10.2. The van der Waals surface area contributed by atoms with Crippen LogP contribution in [-0.2, 0) is 10.0 Å². The summed E-state index contributed by atoms with van der Waals surface area (Å²) in [6.45, 7) is 4.61. The van der Waals surface area contributed by atoms with Crippen molar-refractivity contribution in [3.05, 3.63) is 65.5 Å². The van der Waals surface area contributed by atoms with Crippen molar-refractivity contribution in [2.75, 3.05) is 31.1 Å². The van der Waals surface area contributed by atoms with Crippen LogP contribution in [0.25, 0.3) is 11.5 Å². The Morgan fingerprint density at radius 3 is 2.19 bits per heavy atom. The van der Waals surface area contributed by atoms with E-state index in [0.717, 1.165) is 33.8 Å². The van der Waals surface area contributed by atoms with Gasteiger partial charge in [-0.15, -0.1) is 0 Å². The summed E-state index contributed by atoms with van der Waals surface area (Å²) in [5, 5.41) is 0. The van der Waals surface area contributed by atoms with E-state index in [9.17, 15) is 17.2 Å². The summed E-state index contributed by atoms with van der Waals surface area (Å²) in [5.74, 6) is -1.00. The van der Waals surface area contributed by atoms with E-state index >= 15 is 0 Å². The number of hydrogen-bond acceptors (Lipinski definition) is 6. The second-order valence-electron chi connectivity index (χ2n) is 7.24. The molecule has 1 aromatic carbocycles. The Bertz CT molecular complexity index is 1190. The molecule has 3 aromatic rings. The van der Waals surface area contributed by atoms with Crippen LogP contribution in [0.1, 0.15) is 11.3 Å². The third-order valence-electron chi connectivity index (χ3n) is 5.31. The van der Waals surface area contributed by atoms with Crippen LogP contribution in [0, 0.1) is 25.5 Å². The zero-order chi connectivity index (χ0) is 22.2. The Morgan fingerprint density at radius 1 is 0.903 bits per heavy atom. The molecule has 2 aromatic heterocycles. The summed E-state index contributed by atoms with van der Waals surface area (Å²) < 4.78 is 54.9. The quantitative estimate of drug-likeness (QED) is 0.615. The zero-order valence-electron chi connectivity index (χ0n) is 17.1. The predicted octanol–water partition coefficient (Wildman–Crippen LogP) is 2.94. The van der Waals surface area contributed by atoms with Gasteiger partial charge < -0.3 is 4.90 Å². The van der Waals surface area contributed by atoms with E-state index in [1.54, 1.807) is 6.20 Å². The molecule has 0 bridgehead atoms. The third kappa shape index (κ3) is 4.00. The molecule has 10 heteroatoms. The highest BCUT2D eigenvalue weighted by atomic mass is 32.2. The van der Waals surface area contributed by atoms with Gasteiger partial charge in [0, 0.05) is 43.6 Å². The smallest absolute Gasteiger partial charge is 0.249 e. The molecule has 1 aliphatic heterocycles. The van der Waals surface area contributed by atoms with Crippen LogP contribution < -0.4 is 4.90 Å². The molecular weight excluding hydrogens is 424 g/mol. The van der Waals surface area contributed by atoms with Gasteiger partial charge >= 0.3 is 0 Å². The number of aryl methyl sites for hydroxylation is 1. The maximum Gasteiger partial charge on any atom is 0.249 e. The Morgan fingerprint density at radius 2 is 1.58 bits per heavy atom. The third-order valence-corrected chi connectivity index (χ3v) is 7.26. The molecule has 0 radical (unpaired) electrons. The number of sulfonamides is 1. The number of nitrogens with zero attached hydrogens (tertiary/aromatic N) is 5. The summed E-state index contributed by atoms with van der Waals surface area (Å²) >= 11 is 0. The molecule has 0 unspecified atom stereocenters. The van der Waals surface area contributed by atoms with Gasteiger partial charge in [-0.05, 0) is 38.1 Å². The van der Waals surface area contributed by atoms with Gasteiger partial charge in [0.2, 0.25) is 10.0 Å². The van der Waals surface area contributed by atoms with Crippen molar-refractivity contribution in [3.63, 3.8) is 0 Å². The molecule has 162 valence electrons. The molecule has 1 fully saturated rings. The molecule has 0 N–H and O–H groups in total. The van der Waals surface area contributed by atoms with Gasteiger partial charge in [-0.2, -0.15) is 4.31 Å². The van der Waals surface area contributed by atoms with E-state index in [1.807, 2.05) is 36.9 Å². The van der Waals surface area contributed by atoms with Crippen molar-refractivity contribution in [1.29, 1.82) is 0 Å². The number of rotatable bonds is 4. The van der Waals surface area contributed by atoms with Gasteiger partial charge in [0.1, 0.15) is 23.1 Å². The van der Waals surface area contributed by atoms with Gasteiger partial charge in [0.25, 0.3) is 0 Å². The highest BCUT2D eigenvalue weighted by Crippen LogP contribution is 2.27. The maximum atomic E-state index is 14.1. The first-order chi connectivity index (χ1) is 14.8. The first-order valence-corrected chi connectivity index (χ1v) is 11.2. The number of benzene rings is 1. The number of anilines is 1. The number of aromatic nitrogens is 3. The second-order valence-corrected chi connectivity index (χ2v) is 9.11. The highest BCUT2D eigenvalue weighted by molar-refractivity contribution is 7.89. The van der Waals surface area contributed by atoms with E-state index in [4.69, 9.17) is 0 Å². The van der Waals surface area contributed by atoms with Crippen LogP contribution in [0.15, 0.2) is 47.5 Å². The Hall–Kier alpha value is -2.98. The fourth-order valence-corrected chi connectivity index (χ4v) is 5.06. The van der Waals surface area contributed by atoms with Crippen molar-refractivity contribution >= 4 is 15.8 Å². The molecule has 0 atom stereocenters. The summed E-state index contributed by atoms with van der Waals surface area (Å²) in [7, 11) is -4.28. The normalized spacial score (nSPS) is 15.3. The lowest BCUT2D eigenvalue weighted by Gasteiger charge is -2.35. The van der Waals surface area contributed by atoms with Crippen molar-refractivity contribution < 1.29 is 17.2 Å². The number of piperazine rings is 1. The molecule has 7 nitrogen and oxygen atoms in total. The van der Waals surface area contributed by atoms with Crippen LogP contribution in [0.4, 0.5) is 14.6 Å². The monoisotopic (exact) mass is 445 g/mol. The topological polar surface area (TPSA) is 79.3 Å². The van der Waals surface area contributed by atoms with E-state index in [2.05, 4.69) is 15.0 Å². The molecule has 0 saturated carbocycles. The van der Waals surface area contributed by atoms with Crippen molar-refractivity contribution in [2.24, 2.45) is 0 Å². The van der Waals surface area contributed by atoms with Crippen LogP contribution >= 0.6 is 0 Å². The first-order valence-electron chi connectivity index (χ1n) is 9.75. The summed E-state index contributed by atoms with van der Waals surface area (Å²) in [4.78, 5) is 14.5. The van der Waals surface area contributed by atoms with Gasteiger partial charge in [0.05, 0.1) is 0 Å². The molecule has 4 rings (SSSR count). The van der Waals surface area contributed by atoms with Gasteiger partial charge in [-0.3, -0.25) is 4.98 Å². The van der Waals surface area contributed by atoms with Crippen molar-refractivity contribution in [2.45, 2.75) is 18.7 Å². The van der Waals surface area contributed by atoms with Gasteiger partial charge in [0.15, 0.2) is 10.7 Å². The molecule has 0 amide bonds. The number of hydrogen-bond donors (Lipinski definition) is 0. The average molecular weight is 445 g/mol. The van der Waals surface area contributed by atoms with E-state index in [-0.39, 0.29) is 13.1 Å².